The molecule has 1 rings (SSSR count). The number of anilines is 2. The maximum absolute atomic E-state index is 13.7. The summed E-state index contributed by atoms with van der Waals surface area (Å²) in [7, 11) is 0. The Balaban J connectivity index is 3.18. The largest absolute Gasteiger partial charge is 0.368 e. The molecule has 0 amide bonds. The van der Waals surface area contributed by atoms with Gasteiger partial charge < -0.3 is 10.2 Å². The highest BCUT2D eigenvalue weighted by Gasteiger charge is 2.18. The molecule has 17 heavy (non-hydrogen) atoms. The average molecular weight is 243 g/mol. The summed E-state index contributed by atoms with van der Waals surface area (Å²) in [5.74, 6) is -0.990. The molecule has 0 aliphatic heterocycles. The third-order valence-electron chi connectivity index (χ3n) is 2.49. The molecule has 5 heteroatoms. The summed E-state index contributed by atoms with van der Waals surface area (Å²) in [5.41, 5.74) is 0. The Kier molecular flexibility index (Phi) is 4.66. The van der Waals surface area contributed by atoms with Gasteiger partial charge in [-0.25, -0.2) is 13.8 Å². The molecule has 0 atom stereocenters. The zero-order valence-corrected chi connectivity index (χ0v) is 10.7. The molecule has 96 valence electrons. The average Bonchev–Trinajstić information content (AvgIpc) is 2.25. The van der Waals surface area contributed by atoms with E-state index in [1.165, 1.54) is 0 Å². The van der Waals surface area contributed by atoms with E-state index in [0.717, 1.165) is 6.07 Å². The Morgan fingerprint density at radius 1 is 1.29 bits per heavy atom. The van der Waals surface area contributed by atoms with Crippen LogP contribution in [0.1, 0.15) is 27.7 Å². The van der Waals surface area contributed by atoms with Crippen molar-refractivity contribution in [1.82, 2.24) is 4.98 Å². The van der Waals surface area contributed by atoms with Crippen LogP contribution in [-0.4, -0.2) is 24.1 Å². The number of pyridine rings is 1. The summed E-state index contributed by atoms with van der Waals surface area (Å²) in [6, 6.07) is 0.993. The van der Waals surface area contributed by atoms with Crippen LogP contribution in [0.15, 0.2) is 6.07 Å². The van der Waals surface area contributed by atoms with E-state index < -0.39 is 11.6 Å². The minimum Gasteiger partial charge on any atom is -0.368 e. The fourth-order valence-corrected chi connectivity index (χ4v) is 1.71. The van der Waals surface area contributed by atoms with Gasteiger partial charge in [-0.1, -0.05) is 0 Å². The van der Waals surface area contributed by atoms with Crippen molar-refractivity contribution < 1.29 is 8.78 Å². The van der Waals surface area contributed by atoms with Gasteiger partial charge in [0.15, 0.2) is 23.3 Å². The Hall–Kier alpha value is -1.39. The first kappa shape index (κ1) is 13.7. The van der Waals surface area contributed by atoms with E-state index in [9.17, 15) is 8.78 Å². The van der Waals surface area contributed by atoms with Crippen LogP contribution in [0.3, 0.4) is 0 Å². The van der Waals surface area contributed by atoms with Crippen molar-refractivity contribution in [3.05, 3.63) is 17.7 Å². The lowest BCUT2D eigenvalue weighted by molar-refractivity contribution is 0.562. The topological polar surface area (TPSA) is 28.2 Å². The van der Waals surface area contributed by atoms with Gasteiger partial charge in [0, 0.05) is 25.2 Å². The van der Waals surface area contributed by atoms with Crippen molar-refractivity contribution in [2.24, 2.45) is 0 Å². The van der Waals surface area contributed by atoms with Crippen molar-refractivity contribution in [2.45, 2.75) is 33.7 Å². The molecule has 0 fully saturated rings. The lowest BCUT2D eigenvalue weighted by Crippen LogP contribution is -2.32. The van der Waals surface area contributed by atoms with Crippen molar-refractivity contribution in [2.75, 3.05) is 23.3 Å². The standard InChI is InChI=1S/C12H19F2N3/c1-5-15-11-9(13)7-10(14)12(16-11)17(6-2)8(3)4/h7-8H,5-6H2,1-4H3,(H,15,16). The molecule has 0 saturated carbocycles. The van der Waals surface area contributed by atoms with Gasteiger partial charge in [0.2, 0.25) is 0 Å². The molecule has 1 aromatic rings. The molecule has 0 saturated heterocycles. The van der Waals surface area contributed by atoms with Crippen LogP contribution in [0.5, 0.6) is 0 Å². The fourth-order valence-electron chi connectivity index (χ4n) is 1.71. The molecule has 1 N–H and O–H groups in total. The Morgan fingerprint density at radius 3 is 2.41 bits per heavy atom. The molecule has 3 nitrogen and oxygen atoms in total. The second-order valence-electron chi connectivity index (χ2n) is 4.03. The summed E-state index contributed by atoms with van der Waals surface area (Å²) in [6.07, 6.45) is 0. The predicted octanol–water partition coefficient (Wildman–Crippen LogP) is 3.03. The molecule has 0 radical (unpaired) electrons. The smallest absolute Gasteiger partial charge is 0.168 e. The first-order chi connectivity index (χ1) is 8.01. The second kappa shape index (κ2) is 5.80. The minimum absolute atomic E-state index is 0.100. The Labute approximate surface area is 101 Å². The minimum atomic E-state index is -0.659. The molecule has 0 spiro atoms. The number of nitrogens with zero attached hydrogens (tertiary/aromatic N) is 2. The molecular weight excluding hydrogens is 224 g/mol. The molecular formula is C12H19F2N3. The third kappa shape index (κ3) is 3.05. The maximum Gasteiger partial charge on any atom is 0.168 e. The number of halogens is 2. The lowest BCUT2D eigenvalue weighted by Gasteiger charge is -2.27. The van der Waals surface area contributed by atoms with Gasteiger partial charge >= 0.3 is 0 Å². The molecule has 0 unspecified atom stereocenters. The van der Waals surface area contributed by atoms with E-state index in [1.807, 2.05) is 27.7 Å². The van der Waals surface area contributed by atoms with E-state index in [-0.39, 0.29) is 17.7 Å². The van der Waals surface area contributed by atoms with E-state index in [1.54, 1.807) is 4.90 Å². The van der Waals surface area contributed by atoms with E-state index >= 15 is 0 Å². The van der Waals surface area contributed by atoms with Gasteiger partial charge in [0.05, 0.1) is 0 Å². The van der Waals surface area contributed by atoms with Crippen LogP contribution in [0.4, 0.5) is 20.4 Å². The van der Waals surface area contributed by atoms with Crippen molar-refractivity contribution >= 4 is 11.6 Å². The monoisotopic (exact) mass is 243 g/mol. The first-order valence-corrected chi connectivity index (χ1v) is 5.87. The predicted molar refractivity (Wildman–Crippen MR) is 66.5 cm³/mol. The molecule has 0 bridgehead atoms. The number of nitrogens with one attached hydrogen (secondary N) is 1. The number of aromatic nitrogens is 1. The van der Waals surface area contributed by atoms with E-state index in [2.05, 4.69) is 10.3 Å². The van der Waals surface area contributed by atoms with Crippen LogP contribution in [0.25, 0.3) is 0 Å². The molecule has 1 aromatic heterocycles. The summed E-state index contributed by atoms with van der Waals surface area (Å²) in [5, 5.41) is 2.78. The van der Waals surface area contributed by atoms with Crippen LogP contribution in [0, 0.1) is 11.6 Å². The SMILES string of the molecule is CCNc1nc(N(CC)C(C)C)c(F)cc1F. The van der Waals surface area contributed by atoms with Gasteiger partial charge in [0.25, 0.3) is 0 Å². The van der Waals surface area contributed by atoms with Gasteiger partial charge in [-0.15, -0.1) is 0 Å². The van der Waals surface area contributed by atoms with Crippen LogP contribution in [-0.2, 0) is 0 Å². The second-order valence-corrected chi connectivity index (χ2v) is 4.03. The normalized spacial score (nSPS) is 10.8. The van der Waals surface area contributed by atoms with Crippen LogP contribution >= 0.6 is 0 Å². The van der Waals surface area contributed by atoms with E-state index in [4.69, 9.17) is 0 Å². The summed E-state index contributed by atoms with van der Waals surface area (Å²) < 4.78 is 27.1. The van der Waals surface area contributed by atoms with Crippen LogP contribution in [0.2, 0.25) is 0 Å². The van der Waals surface area contributed by atoms with Crippen LogP contribution < -0.4 is 10.2 Å². The number of hydrogen-bond donors (Lipinski definition) is 1. The van der Waals surface area contributed by atoms with Crippen molar-refractivity contribution in [1.29, 1.82) is 0 Å². The summed E-state index contributed by atoms with van der Waals surface area (Å²) in [4.78, 5) is 5.81. The number of rotatable bonds is 5. The number of hydrogen-bond acceptors (Lipinski definition) is 3. The summed E-state index contributed by atoms with van der Waals surface area (Å²) in [6.45, 7) is 8.81. The zero-order chi connectivity index (χ0) is 13.0. The first-order valence-electron chi connectivity index (χ1n) is 5.87. The Morgan fingerprint density at radius 2 is 1.94 bits per heavy atom. The lowest BCUT2D eigenvalue weighted by atomic mass is 10.3. The zero-order valence-electron chi connectivity index (χ0n) is 10.7. The Bertz CT molecular complexity index is 380. The fraction of sp³-hybridized carbons (Fsp3) is 0.583. The third-order valence-corrected chi connectivity index (χ3v) is 2.49. The van der Waals surface area contributed by atoms with E-state index in [0.29, 0.717) is 13.1 Å². The van der Waals surface area contributed by atoms with Gasteiger partial charge in [-0.05, 0) is 27.7 Å². The van der Waals surface area contributed by atoms with Gasteiger partial charge in [-0.3, -0.25) is 0 Å². The molecule has 0 aromatic carbocycles. The highest BCUT2D eigenvalue weighted by Crippen LogP contribution is 2.23. The quantitative estimate of drug-likeness (QED) is 0.861. The van der Waals surface area contributed by atoms with Crippen molar-refractivity contribution in [3.63, 3.8) is 0 Å². The molecule has 0 aliphatic carbocycles. The van der Waals surface area contributed by atoms with Crippen molar-refractivity contribution in [3.8, 4) is 0 Å². The molecule has 0 aliphatic rings. The molecule has 1 heterocycles. The highest BCUT2D eigenvalue weighted by molar-refractivity contribution is 5.49. The van der Waals surface area contributed by atoms with Gasteiger partial charge in [0.1, 0.15) is 0 Å². The highest BCUT2D eigenvalue weighted by atomic mass is 19.1. The van der Waals surface area contributed by atoms with Gasteiger partial charge in [-0.2, -0.15) is 0 Å². The summed E-state index contributed by atoms with van der Waals surface area (Å²) >= 11 is 0. The maximum atomic E-state index is 13.7.